The van der Waals surface area contributed by atoms with E-state index >= 15 is 0 Å². The van der Waals surface area contributed by atoms with E-state index < -0.39 is 0 Å². The molecule has 0 aliphatic heterocycles. The van der Waals surface area contributed by atoms with Crippen LogP contribution in [0.15, 0.2) is 133 Å². The number of nitriles is 1. The molecule has 0 aliphatic carbocycles. The van der Waals surface area contributed by atoms with E-state index in [0.717, 1.165) is 66.1 Å². The van der Waals surface area contributed by atoms with Gasteiger partial charge in [0, 0.05) is 38.5 Å². The fourth-order valence-corrected chi connectivity index (χ4v) is 6.40. The van der Waals surface area contributed by atoms with Crippen LogP contribution in [0, 0.1) is 17.9 Å². The molecule has 0 N–H and O–H groups in total. The van der Waals surface area contributed by atoms with Crippen LogP contribution in [0.4, 0.5) is 5.69 Å². The Labute approximate surface area is 242 Å². The van der Waals surface area contributed by atoms with E-state index in [4.69, 9.17) is 6.57 Å². The molecule has 0 atom stereocenters. The van der Waals surface area contributed by atoms with Crippen LogP contribution in [0.5, 0.6) is 0 Å². The summed E-state index contributed by atoms with van der Waals surface area (Å²) in [6, 6.07) is 48.1. The topological polar surface area (TPSA) is 38.0 Å². The normalized spacial score (nSPS) is 11.3. The minimum atomic E-state index is 0.359. The van der Waals surface area contributed by atoms with Gasteiger partial charge < -0.3 is 9.13 Å². The molecule has 8 rings (SSSR count). The van der Waals surface area contributed by atoms with E-state index in [-0.39, 0.29) is 0 Å². The molecule has 2 aromatic heterocycles. The highest BCUT2D eigenvalue weighted by atomic mass is 15.0. The standard InChI is InChI=1S/C38H22N4/c1-40-33-22-25(20-21-26(33)24-39)31-23-32-29-16-8-10-18-34(29)41(27-12-4-2-5-13-27)38(32)36-30-17-9-11-19-35(30)42(37(31)36)28-14-6-3-7-15-28/h2-23H. The maximum Gasteiger partial charge on any atom is 0.205 e. The van der Waals surface area contributed by atoms with Crippen LogP contribution in [0.1, 0.15) is 5.56 Å². The molecule has 4 nitrogen and oxygen atoms in total. The first kappa shape index (κ1) is 23.8. The van der Waals surface area contributed by atoms with Gasteiger partial charge in [0.1, 0.15) is 0 Å². The number of hydrogen-bond donors (Lipinski definition) is 0. The Hall–Kier alpha value is -6.10. The molecule has 4 heteroatoms. The van der Waals surface area contributed by atoms with E-state index in [1.807, 2.05) is 24.3 Å². The van der Waals surface area contributed by atoms with Crippen molar-refractivity contribution in [1.82, 2.24) is 9.13 Å². The van der Waals surface area contributed by atoms with Crippen molar-refractivity contribution in [2.24, 2.45) is 0 Å². The van der Waals surface area contributed by atoms with Crippen LogP contribution in [0.25, 0.3) is 71.0 Å². The van der Waals surface area contributed by atoms with Crippen molar-refractivity contribution in [3.05, 3.63) is 150 Å². The summed E-state index contributed by atoms with van der Waals surface area (Å²) >= 11 is 0. The Kier molecular flexibility index (Phi) is 5.22. The fraction of sp³-hybridized carbons (Fsp3) is 0. The summed E-state index contributed by atoms with van der Waals surface area (Å²) in [6.07, 6.45) is 0. The second-order valence-corrected chi connectivity index (χ2v) is 10.4. The van der Waals surface area contributed by atoms with E-state index in [9.17, 15) is 5.26 Å². The zero-order valence-electron chi connectivity index (χ0n) is 22.5. The average molecular weight is 535 g/mol. The van der Waals surface area contributed by atoms with E-state index in [1.165, 1.54) is 0 Å². The smallest absolute Gasteiger partial charge is 0.205 e. The van der Waals surface area contributed by atoms with Gasteiger partial charge in [-0.25, -0.2) is 4.85 Å². The van der Waals surface area contributed by atoms with Gasteiger partial charge in [0.25, 0.3) is 0 Å². The summed E-state index contributed by atoms with van der Waals surface area (Å²) in [6.45, 7) is 7.78. The molecule has 0 aliphatic rings. The van der Waals surface area contributed by atoms with Crippen LogP contribution in [-0.2, 0) is 0 Å². The first-order chi connectivity index (χ1) is 20.8. The number of rotatable bonds is 3. The van der Waals surface area contributed by atoms with Crippen molar-refractivity contribution < 1.29 is 0 Å². The molecular weight excluding hydrogens is 512 g/mol. The summed E-state index contributed by atoms with van der Waals surface area (Å²) in [5.41, 5.74) is 9.28. The molecular formula is C38H22N4. The van der Waals surface area contributed by atoms with Crippen LogP contribution in [-0.4, -0.2) is 9.13 Å². The van der Waals surface area contributed by atoms with Crippen molar-refractivity contribution in [1.29, 1.82) is 5.26 Å². The maximum atomic E-state index is 9.64. The lowest BCUT2D eigenvalue weighted by atomic mass is 9.96. The van der Waals surface area contributed by atoms with Gasteiger partial charge in [0.05, 0.1) is 40.3 Å². The molecule has 0 saturated carbocycles. The van der Waals surface area contributed by atoms with Gasteiger partial charge in [0.2, 0.25) is 5.69 Å². The van der Waals surface area contributed by atoms with Gasteiger partial charge in [-0.1, -0.05) is 84.9 Å². The molecule has 8 aromatic rings. The Bertz CT molecular complexity index is 2410. The number of aromatic nitrogens is 2. The molecule has 0 fully saturated rings. The largest absolute Gasteiger partial charge is 0.309 e. The predicted octanol–water partition coefficient (Wildman–Crippen LogP) is 9.97. The Morgan fingerprint density at radius 1 is 0.571 bits per heavy atom. The van der Waals surface area contributed by atoms with E-state index in [0.29, 0.717) is 11.3 Å². The SMILES string of the molecule is [C-]#[N+]c1cc(-c2cc3c4ccccc4n(-c4ccccc4)c3c3c4ccccc4n(-c4ccccc4)c23)ccc1C#N. The number of para-hydroxylation sites is 4. The molecule has 42 heavy (non-hydrogen) atoms. The number of nitrogens with zero attached hydrogens (tertiary/aromatic N) is 4. The van der Waals surface area contributed by atoms with Gasteiger partial charge in [-0.3, -0.25) is 0 Å². The molecule has 0 radical (unpaired) electrons. The van der Waals surface area contributed by atoms with Gasteiger partial charge in [-0.2, -0.15) is 5.26 Å². The second kappa shape index (κ2) is 9.24. The fourth-order valence-electron chi connectivity index (χ4n) is 6.40. The molecule has 0 saturated heterocycles. The zero-order valence-corrected chi connectivity index (χ0v) is 22.5. The molecule has 194 valence electrons. The highest BCUT2D eigenvalue weighted by Gasteiger charge is 2.24. The van der Waals surface area contributed by atoms with Crippen LogP contribution in [0.3, 0.4) is 0 Å². The van der Waals surface area contributed by atoms with Crippen molar-refractivity contribution in [3.8, 4) is 28.6 Å². The summed E-state index contributed by atoms with van der Waals surface area (Å²) in [5.74, 6) is 0. The first-order valence-corrected chi connectivity index (χ1v) is 13.8. The molecule has 2 heterocycles. The third-order valence-corrected chi connectivity index (χ3v) is 8.15. The Morgan fingerprint density at radius 3 is 1.79 bits per heavy atom. The van der Waals surface area contributed by atoms with Crippen LogP contribution >= 0.6 is 0 Å². The minimum Gasteiger partial charge on any atom is -0.309 e. The van der Waals surface area contributed by atoms with E-state index in [2.05, 4.69) is 123 Å². The summed E-state index contributed by atoms with van der Waals surface area (Å²) < 4.78 is 4.71. The number of hydrogen-bond acceptors (Lipinski definition) is 1. The lowest BCUT2D eigenvalue weighted by Gasteiger charge is -2.14. The van der Waals surface area contributed by atoms with Gasteiger partial charge in [-0.05, 0) is 54.1 Å². The van der Waals surface area contributed by atoms with Crippen molar-refractivity contribution >= 4 is 49.3 Å². The molecule has 0 bridgehead atoms. The lowest BCUT2D eigenvalue weighted by molar-refractivity contribution is 1.17. The van der Waals surface area contributed by atoms with Crippen molar-refractivity contribution in [2.45, 2.75) is 0 Å². The first-order valence-electron chi connectivity index (χ1n) is 13.8. The van der Waals surface area contributed by atoms with Crippen LogP contribution in [0.2, 0.25) is 0 Å². The average Bonchev–Trinajstić information content (AvgIpc) is 3.58. The van der Waals surface area contributed by atoms with Gasteiger partial charge >= 0.3 is 0 Å². The quantitative estimate of drug-likeness (QED) is 0.208. The number of benzene rings is 6. The van der Waals surface area contributed by atoms with Gasteiger partial charge in [0.15, 0.2) is 0 Å². The molecule has 0 amide bonds. The Balaban J connectivity index is 1.68. The summed E-state index contributed by atoms with van der Waals surface area (Å²) in [5, 5.41) is 14.2. The summed E-state index contributed by atoms with van der Waals surface area (Å²) in [4.78, 5) is 3.70. The molecule has 6 aromatic carbocycles. The Morgan fingerprint density at radius 2 is 1.14 bits per heavy atom. The highest BCUT2D eigenvalue weighted by molar-refractivity contribution is 6.29. The predicted molar refractivity (Wildman–Crippen MR) is 172 cm³/mol. The summed E-state index contributed by atoms with van der Waals surface area (Å²) in [7, 11) is 0. The monoisotopic (exact) mass is 534 g/mol. The maximum absolute atomic E-state index is 9.64. The zero-order chi connectivity index (χ0) is 28.2. The lowest BCUT2D eigenvalue weighted by Crippen LogP contribution is -1.97. The van der Waals surface area contributed by atoms with Gasteiger partial charge in [-0.15, -0.1) is 0 Å². The number of fused-ring (bicyclic) bond motifs is 7. The second-order valence-electron chi connectivity index (χ2n) is 10.4. The van der Waals surface area contributed by atoms with E-state index in [1.54, 1.807) is 6.07 Å². The third-order valence-electron chi connectivity index (χ3n) is 8.15. The molecule has 0 unspecified atom stereocenters. The van der Waals surface area contributed by atoms with Crippen LogP contribution < -0.4 is 0 Å². The minimum absolute atomic E-state index is 0.359. The van der Waals surface area contributed by atoms with Crippen molar-refractivity contribution in [3.63, 3.8) is 0 Å². The highest BCUT2D eigenvalue weighted by Crippen LogP contribution is 2.46. The molecule has 0 spiro atoms. The third kappa shape index (κ3) is 3.33. The van der Waals surface area contributed by atoms with Crippen molar-refractivity contribution in [2.75, 3.05) is 0 Å².